The van der Waals surface area contributed by atoms with Crippen molar-refractivity contribution in [3.63, 3.8) is 0 Å². The molecule has 0 aliphatic carbocycles. The SMILES string of the molecule is C=CCOc1cccc(-c2nc3c(c(=O)[nH]2)Cc2cccc(OCC)c2O3)c1. The minimum Gasteiger partial charge on any atom is -0.490 e. The Morgan fingerprint density at radius 2 is 2.11 bits per heavy atom. The molecule has 0 unspecified atom stereocenters. The first kappa shape index (κ1) is 17.9. The molecule has 1 N–H and O–H groups in total. The molecule has 1 aromatic heterocycles. The van der Waals surface area contributed by atoms with Crippen LogP contribution in [-0.2, 0) is 6.42 Å². The fraction of sp³-hybridized carbons (Fsp3) is 0.182. The van der Waals surface area contributed by atoms with Crippen molar-refractivity contribution in [3.8, 4) is 34.5 Å². The average Bonchev–Trinajstić information content (AvgIpc) is 2.72. The fourth-order valence-electron chi connectivity index (χ4n) is 3.12. The zero-order chi connectivity index (χ0) is 19.5. The van der Waals surface area contributed by atoms with Crippen LogP contribution in [0.15, 0.2) is 59.9 Å². The molecular weight excluding hydrogens is 356 g/mol. The maximum absolute atomic E-state index is 12.7. The maximum atomic E-state index is 12.7. The van der Waals surface area contributed by atoms with Gasteiger partial charge in [0.05, 0.1) is 12.2 Å². The van der Waals surface area contributed by atoms with E-state index in [1.807, 2.05) is 49.4 Å². The van der Waals surface area contributed by atoms with Gasteiger partial charge in [-0.15, -0.1) is 0 Å². The van der Waals surface area contributed by atoms with Crippen molar-refractivity contribution in [3.05, 3.63) is 76.6 Å². The highest BCUT2D eigenvalue weighted by Crippen LogP contribution is 2.40. The van der Waals surface area contributed by atoms with Crippen LogP contribution in [0.4, 0.5) is 0 Å². The molecule has 0 atom stereocenters. The van der Waals surface area contributed by atoms with E-state index in [4.69, 9.17) is 14.2 Å². The van der Waals surface area contributed by atoms with Gasteiger partial charge in [-0.1, -0.05) is 36.9 Å². The summed E-state index contributed by atoms with van der Waals surface area (Å²) >= 11 is 0. The standard InChI is InChI=1S/C22H20N2O4/c1-3-11-27-16-9-5-8-15(12-16)20-23-21(25)17-13-14-7-6-10-18(26-4-2)19(14)28-22(17)24-20/h3,5-10,12H,1,4,11,13H2,2H3,(H,23,24,25). The molecule has 6 heteroatoms. The Bertz CT molecular complexity index is 1090. The van der Waals surface area contributed by atoms with Crippen molar-refractivity contribution in [1.82, 2.24) is 9.97 Å². The van der Waals surface area contributed by atoms with E-state index in [9.17, 15) is 4.79 Å². The number of H-pyrrole nitrogens is 1. The average molecular weight is 376 g/mol. The molecule has 1 aliphatic rings. The van der Waals surface area contributed by atoms with Crippen LogP contribution in [0.5, 0.6) is 23.1 Å². The van der Waals surface area contributed by atoms with Gasteiger partial charge < -0.3 is 19.2 Å². The monoisotopic (exact) mass is 376 g/mol. The summed E-state index contributed by atoms with van der Waals surface area (Å²) < 4.78 is 17.2. The summed E-state index contributed by atoms with van der Waals surface area (Å²) in [7, 11) is 0. The van der Waals surface area contributed by atoms with E-state index in [1.165, 1.54) is 0 Å². The lowest BCUT2D eigenvalue weighted by Gasteiger charge is -2.21. The summed E-state index contributed by atoms with van der Waals surface area (Å²) in [6.45, 7) is 6.49. The largest absolute Gasteiger partial charge is 0.490 e. The van der Waals surface area contributed by atoms with Gasteiger partial charge in [-0.2, -0.15) is 4.98 Å². The van der Waals surface area contributed by atoms with Crippen molar-refractivity contribution in [2.75, 3.05) is 13.2 Å². The molecule has 28 heavy (non-hydrogen) atoms. The highest BCUT2D eigenvalue weighted by molar-refractivity contribution is 5.60. The van der Waals surface area contributed by atoms with Crippen molar-refractivity contribution < 1.29 is 14.2 Å². The van der Waals surface area contributed by atoms with Gasteiger partial charge in [0.2, 0.25) is 5.88 Å². The van der Waals surface area contributed by atoms with Gasteiger partial charge in [-0.25, -0.2) is 0 Å². The van der Waals surface area contributed by atoms with Crippen LogP contribution < -0.4 is 19.8 Å². The zero-order valence-electron chi connectivity index (χ0n) is 15.5. The van der Waals surface area contributed by atoms with E-state index in [2.05, 4.69) is 16.5 Å². The highest BCUT2D eigenvalue weighted by atomic mass is 16.5. The number of nitrogens with zero attached hydrogens (tertiary/aromatic N) is 1. The van der Waals surface area contributed by atoms with E-state index >= 15 is 0 Å². The number of aromatic nitrogens is 2. The van der Waals surface area contributed by atoms with Gasteiger partial charge in [0.25, 0.3) is 5.56 Å². The summed E-state index contributed by atoms with van der Waals surface area (Å²) in [5.41, 5.74) is 1.92. The zero-order valence-corrected chi connectivity index (χ0v) is 15.5. The van der Waals surface area contributed by atoms with Crippen LogP contribution in [0.1, 0.15) is 18.1 Å². The smallest absolute Gasteiger partial charge is 0.258 e. The lowest BCUT2D eigenvalue weighted by atomic mass is 10.0. The van der Waals surface area contributed by atoms with E-state index in [0.717, 1.165) is 11.1 Å². The van der Waals surface area contributed by atoms with Crippen molar-refractivity contribution in [1.29, 1.82) is 0 Å². The van der Waals surface area contributed by atoms with Gasteiger partial charge in [-0.3, -0.25) is 4.79 Å². The molecular formula is C22H20N2O4. The molecule has 6 nitrogen and oxygen atoms in total. The van der Waals surface area contributed by atoms with Gasteiger partial charge in [0, 0.05) is 17.5 Å². The number of rotatable bonds is 6. The second-order valence-electron chi connectivity index (χ2n) is 6.28. The van der Waals surface area contributed by atoms with Crippen LogP contribution in [0.25, 0.3) is 11.4 Å². The molecule has 0 radical (unpaired) electrons. The third-order valence-corrected chi connectivity index (χ3v) is 4.38. The van der Waals surface area contributed by atoms with Crippen LogP contribution >= 0.6 is 0 Å². The highest BCUT2D eigenvalue weighted by Gasteiger charge is 2.25. The molecule has 0 amide bonds. The number of para-hydroxylation sites is 1. The maximum Gasteiger partial charge on any atom is 0.258 e. The third kappa shape index (κ3) is 3.36. The number of benzene rings is 2. The third-order valence-electron chi connectivity index (χ3n) is 4.38. The molecule has 0 saturated heterocycles. The number of ether oxygens (including phenoxy) is 3. The predicted octanol–water partition coefficient (Wildman–Crippen LogP) is 4.10. The van der Waals surface area contributed by atoms with Crippen LogP contribution in [0.3, 0.4) is 0 Å². The topological polar surface area (TPSA) is 73.4 Å². The lowest BCUT2D eigenvalue weighted by molar-refractivity contribution is 0.315. The van der Waals surface area contributed by atoms with Gasteiger partial charge in [0.1, 0.15) is 18.2 Å². The summed E-state index contributed by atoms with van der Waals surface area (Å²) in [5, 5.41) is 0. The van der Waals surface area contributed by atoms with Crippen molar-refractivity contribution in [2.45, 2.75) is 13.3 Å². The molecule has 1 aliphatic heterocycles. The number of nitrogens with one attached hydrogen (secondary N) is 1. The molecule has 4 rings (SSSR count). The van der Waals surface area contributed by atoms with Crippen molar-refractivity contribution in [2.24, 2.45) is 0 Å². The minimum atomic E-state index is -0.218. The Balaban J connectivity index is 1.73. The summed E-state index contributed by atoms with van der Waals surface area (Å²) in [5.74, 6) is 2.65. The number of aromatic amines is 1. The molecule has 2 aromatic carbocycles. The quantitative estimate of drug-likeness (QED) is 0.513. The van der Waals surface area contributed by atoms with Crippen LogP contribution in [0.2, 0.25) is 0 Å². The van der Waals surface area contributed by atoms with Gasteiger partial charge in [0.15, 0.2) is 11.5 Å². The predicted molar refractivity (Wildman–Crippen MR) is 106 cm³/mol. The Kier molecular flexibility index (Phi) is 4.85. The Labute approximate surface area is 162 Å². The molecule has 0 fully saturated rings. The van der Waals surface area contributed by atoms with E-state index < -0.39 is 0 Å². The Morgan fingerprint density at radius 1 is 1.25 bits per heavy atom. The molecule has 0 spiro atoms. The van der Waals surface area contributed by atoms with Crippen molar-refractivity contribution >= 4 is 0 Å². The van der Waals surface area contributed by atoms with E-state index in [0.29, 0.717) is 54.2 Å². The minimum absolute atomic E-state index is 0.218. The number of fused-ring (bicyclic) bond motifs is 2. The Hall–Kier alpha value is -3.54. The first-order valence-electron chi connectivity index (χ1n) is 9.09. The second kappa shape index (κ2) is 7.60. The number of hydrogen-bond donors (Lipinski definition) is 1. The molecule has 3 aromatic rings. The lowest BCUT2D eigenvalue weighted by Crippen LogP contribution is -2.20. The van der Waals surface area contributed by atoms with Gasteiger partial charge in [-0.05, 0) is 25.1 Å². The summed E-state index contributed by atoms with van der Waals surface area (Å²) in [4.78, 5) is 20.1. The summed E-state index contributed by atoms with van der Waals surface area (Å²) in [6, 6.07) is 13.0. The fourth-order valence-corrected chi connectivity index (χ4v) is 3.12. The first-order valence-corrected chi connectivity index (χ1v) is 9.09. The molecule has 0 bridgehead atoms. The van der Waals surface area contributed by atoms with Crippen LogP contribution in [-0.4, -0.2) is 23.2 Å². The molecule has 2 heterocycles. The molecule has 0 saturated carbocycles. The summed E-state index contributed by atoms with van der Waals surface area (Å²) in [6.07, 6.45) is 2.11. The normalized spacial score (nSPS) is 11.8. The van der Waals surface area contributed by atoms with E-state index in [-0.39, 0.29) is 5.56 Å². The second-order valence-corrected chi connectivity index (χ2v) is 6.28. The van der Waals surface area contributed by atoms with E-state index in [1.54, 1.807) is 6.08 Å². The Morgan fingerprint density at radius 3 is 2.93 bits per heavy atom. The molecule has 142 valence electrons. The van der Waals surface area contributed by atoms with Gasteiger partial charge >= 0.3 is 0 Å². The first-order chi connectivity index (χ1) is 13.7. The van der Waals surface area contributed by atoms with Crippen LogP contribution in [0, 0.1) is 0 Å². The number of hydrogen-bond acceptors (Lipinski definition) is 5.